The van der Waals surface area contributed by atoms with Crippen LogP contribution in [-0.4, -0.2) is 29.4 Å². The molecule has 3 rings (SSSR count). The third-order valence-electron chi connectivity index (χ3n) is 3.73. The average molecular weight is 194 g/mol. The van der Waals surface area contributed by atoms with Crippen LogP contribution in [0, 0.1) is 11.8 Å². The van der Waals surface area contributed by atoms with Crippen LogP contribution < -0.4 is 5.32 Å². The number of amides is 2. The molecule has 3 fully saturated rings. The molecule has 0 spiro atoms. The van der Waals surface area contributed by atoms with Gasteiger partial charge in [0.05, 0.1) is 18.0 Å². The van der Waals surface area contributed by atoms with E-state index in [1.165, 1.54) is 4.90 Å². The van der Waals surface area contributed by atoms with Crippen molar-refractivity contribution >= 4 is 11.8 Å². The minimum absolute atomic E-state index is 0.000556. The predicted octanol–water partition coefficient (Wildman–Crippen LogP) is 0.0909. The van der Waals surface area contributed by atoms with Crippen molar-refractivity contribution in [3.05, 3.63) is 0 Å². The highest BCUT2D eigenvalue weighted by Gasteiger charge is 2.54. The normalized spacial score (nSPS) is 41.4. The summed E-state index contributed by atoms with van der Waals surface area (Å²) in [5, 5.41) is 3.21. The highest BCUT2D eigenvalue weighted by Crippen LogP contribution is 2.43. The number of hydrogen-bond donors (Lipinski definition) is 1. The van der Waals surface area contributed by atoms with E-state index in [1.54, 1.807) is 0 Å². The molecule has 4 heteroatoms. The van der Waals surface area contributed by atoms with Crippen LogP contribution in [0.3, 0.4) is 0 Å². The number of nitrogens with zero attached hydrogens (tertiary/aromatic N) is 1. The van der Waals surface area contributed by atoms with Crippen molar-refractivity contribution in [2.24, 2.45) is 11.8 Å². The molecule has 0 aromatic heterocycles. The van der Waals surface area contributed by atoms with Crippen LogP contribution in [-0.2, 0) is 9.59 Å². The Morgan fingerprint density at radius 3 is 2.14 bits per heavy atom. The van der Waals surface area contributed by atoms with Crippen LogP contribution in [0.2, 0.25) is 0 Å². The monoisotopic (exact) mass is 194 g/mol. The van der Waals surface area contributed by atoms with Gasteiger partial charge in [0.2, 0.25) is 11.8 Å². The van der Waals surface area contributed by atoms with Gasteiger partial charge in [0.15, 0.2) is 0 Å². The minimum atomic E-state index is 0.000556. The van der Waals surface area contributed by atoms with Gasteiger partial charge in [-0.15, -0.1) is 0 Å². The number of likely N-dealkylation sites (tertiary alicyclic amines) is 1. The summed E-state index contributed by atoms with van der Waals surface area (Å²) in [6.45, 7) is 0.928. The quantitative estimate of drug-likeness (QED) is 0.602. The molecular formula is C10H14N2O2. The van der Waals surface area contributed by atoms with Crippen molar-refractivity contribution < 1.29 is 9.59 Å². The molecule has 2 amide bonds. The van der Waals surface area contributed by atoms with Crippen molar-refractivity contribution in [3.63, 3.8) is 0 Å². The van der Waals surface area contributed by atoms with Crippen LogP contribution in [0.1, 0.15) is 25.7 Å². The number of fused-ring (bicyclic) bond motifs is 1. The molecule has 1 saturated carbocycles. The number of rotatable bonds is 1. The second-order valence-electron chi connectivity index (χ2n) is 4.45. The molecule has 0 aromatic carbocycles. The van der Waals surface area contributed by atoms with Gasteiger partial charge in [0.1, 0.15) is 0 Å². The standard InChI is InChI=1S/C10H14N2O2/c13-9-6-3-4-7(6)10(14)12(9)8-2-1-5-11-8/h6-8,11H,1-5H2. The van der Waals surface area contributed by atoms with Crippen LogP contribution in [0.5, 0.6) is 0 Å². The Morgan fingerprint density at radius 2 is 1.71 bits per heavy atom. The van der Waals surface area contributed by atoms with E-state index in [2.05, 4.69) is 5.32 Å². The van der Waals surface area contributed by atoms with Gasteiger partial charge in [-0.2, -0.15) is 0 Å². The van der Waals surface area contributed by atoms with E-state index in [0.717, 1.165) is 32.2 Å². The Balaban J connectivity index is 1.84. The van der Waals surface area contributed by atoms with E-state index in [1.807, 2.05) is 0 Å². The molecule has 2 heterocycles. The van der Waals surface area contributed by atoms with Crippen molar-refractivity contribution in [3.8, 4) is 0 Å². The number of carbonyl (C=O) groups excluding carboxylic acids is 2. The zero-order chi connectivity index (χ0) is 9.71. The molecule has 4 nitrogen and oxygen atoms in total. The topological polar surface area (TPSA) is 49.4 Å². The molecule has 0 bridgehead atoms. The molecule has 14 heavy (non-hydrogen) atoms. The fourth-order valence-corrected chi connectivity index (χ4v) is 2.75. The molecular weight excluding hydrogens is 180 g/mol. The summed E-state index contributed by atoms with van der Waals surface area (Å²) in [4.78, 5) is 25.2. The zero-order valence-electron chi connectivity index (χ0n) is 8.03. The lowest BCUT2D eigenvalue weighted by Crippen LogP contribution is -2.45. The van der Waals surface area contributed by atoms with Crippen LogP contribution >= 0.6 is 0 Å². The lowest BCUT2D eigenvalue weighted by atomic mass is 9.76. The van der Waals surface area contributed by atoms with Gasteiger partial charge in [-0.1, -0.05) is 0 Å². The predicted molar refractivity (Wildman–Crippen MR) is 49.1 cm³/mol. The average Bonchev–Trinajstić information content (AvgIpc) is 2.59. The first-order valence-electron chi connectivity index (χ1n) is 5.39. The van der Waals surface area contributed by atoms with E-state index in [9.17, 15) is 9.59 Å². The van der Waals surface area contributed by atoms with Gasteiger partial charge >= 0.3 is 0 Å². The van der Waals surface area contributed by atoms with Crippen LogP contribution in [0.15, 0.2) is 0 Å². The van der Waals surface area contributed by atoms with E-state index >= 15 is 0 Å². The van der Waals surface area contributed by atoms with Crippen LogP contribution in [0.4, 0.5) is 0 Å². The lowest BCUT2D eigenvalue weighted by molar-refractivity contribution is -0.142. The van der Waals surface area contributed by atoms with Gasteiger partial charge in [0.25, 0.3) is 0 Å². The van der Waals surface area contributed by atoms with Crippen LogP contribution in [0.25, 0.3) is 0 Å². The van der Waals surface area contributed by atoms with Gasteiger partial charge in [-0.25, -0.2) is 0 Å². The van der Waals surface area contributed by atoms with Crippen molar-refractivity contribution in [1.29, 1.82) is 0 Å². The van der Waals surface area contributed by atoms with Crippen molar-refractivity contribution in [2.75, 3.05) is 6.54 Å². The lowest BCUT2D eigenvalue weighted by Gasteiger charge is -2.24. The molecule has 2 saturated heterocycles. The first-order chi connectivity index (χ1) is 6.79. The summed E-state index contributed by atoms with van der Waals surface area (Å²) in [6, 6.07) is 0. The smallest absolute Gasteiger partial charge is 0.234 e. The Bertz CT molecular complexity index is 274. The van der Waals surface area contributed by atoms with Gasteiger partial charge in [-0.3, -0.25) is 19.8 Å². The zero-order valence-corrected chi connectivity index (χ0v) is 8.03. The largest absolute Gasteiger partial charge is 0.297 e. The van der Waals surface area contributed by atoms with E-state index in [-0.39, 0.29) is 29.8 Å². The second kappa shape index (κ2) is 2.79. The first-order valence-corrected chi connectivity index (χ1v) is 5.39. The molecule has 1 aliphatic carbocycles. The molecule has 1 N–H and O–H groups in total. The first kappa shape index (κ1) is 8.41. The third-order valence-corrected chi connectivity index (χ3v) is 3.73. The molecule has 0 aromatic rings. The Hall–Kier alpha value is -0.900. The summed E-state index contributed by atoms with van der Waals surface area (Å²) in [5.74, 6) is 0.214. The summed E-state index contributed by atoms with van der Waals surface area (Å²) in [6.07, 6.45) is 3.82. The van der Waals surface area contributed by atoms with Gasteiger partial charge in [-0.05, 0) is 32.2 Å². The maximum atomic E-state index is 11.8. The molecule has 3 unspecified atom stereocenters. The number of imide groups is 1. The molecule has 2 aliphatic heterocycles. The molecule has 3 aliphatic rings. The van der Waals surface area contributed by atoms with Gasteiger partial charge in [0, 0.05) is 0 Å². The SMILES string of the molecule is O=C1C2CCC2C(=O)N1C1CCCN1. The second-order valence-corrected chi connectivity index (χ2v) is 4.45. The van der Waals surface area contributed by atoms with E-state index < -0.39 is 0 Å². The Kier molecular flexibility index (Phi) is 1.68. The van der Waals surface area contributed by atoms with E-state index in [4.69, 9.17) is 0 Å². The van der Waals surface area contributed by atoms with E-state index in [0.29, 0.717) is 0 Å². The summed E-state index contributed by atoms with van der Waals surface area (Å²) < 4.78 is 0. The fraction of sp³-hybridized carbons (Fsp3) is 0.800. The highest BCUT2D eigenvalue weighted by molar-refractivity contribution is 6.06. The number of carbonyl (C=O) groups is 2. The minimum Gasteiger partial charge on any atom is -0.297 e. The molecule has 76 valence electrons. The highest BCUT2D eigenvalue weighted by atomic mass is 16.2. The number of hydrogen-bond acceptors (Lipinski definition) is 3. The maximum absolute atomic E-state index is 11.8. The summed E-state index contributed by atoms with van der Waals surface area (Å²) >= 11 is 0. The van der Waals surface area contributed by atoms with Crippen molar-refractivity contribution in [2.45, 2.75) is 31.8 Å². The molecule has 0 radical (unpaired) electrons. The maximum Gasteiger partial charge on any atom is 0.234 e. The third kappa shape index (κ3) is 0.919. The molecule has 3 atom stereocenters. The summed E-state index contributed by atoms with van der Waals surface area (Å²) in [7, 11) is 0. The fourth-order valence-electron chi connectivity index (χ4n) is 2.75. The Labute approximate surface area is 82.6 Å². The number of nitrogens with one attached hydrogen (secondary N) is 1. The van der Waals surface area contributed by atoms with Crippen molar-refractivity contribution in [1.82, 2.24) is 10.2 Å². The van der Waals surface area contributed by atoms with Gasteiger partial charge < -0.3 is 0 Å². The summed E-state index contributed by atoms with van der Waals surface area (Å²) in [5.41, 5.74) is 0. The Morgan fingerprint density at radius 1 is 1.07 bits per heavy atom.